The minimum absolute atomic E-state index is 0.0998. The van der Waals surface area contributed by atoms with Crippen molar-refractivity contribution in [1.82, 2.24) is 4.98 Å². The van der Waals surface area contributed by atoms with Crippen LogP contribution >= 0.6 is 0 Å². The number of carbonyl (C=O) groups excluding carboxylic acids is 1. The summed E-state index contributed by atoms with van der Waals surface area (Å²) in [5, 5.41) is 3.88. The van der Waals surface area contributed by atoms with Gasteiger partial charge in [-0.05, 0) is 56.9 Å². The molecule has 1 amide bonds. The highest BCUT2D eigenvalue weighted by Gasteiger charge is 2.48. The number of fused-ring (bicyclic) bond motifs is 1. The summed E-state index contributed by atoms with van der Waals surface area (Å²) in [4.78, 5) is 17.2. The summed E-state index contributed by atoms with van der Waals surface area (Å²) in [6.45, 7) is 4.32. The molecule has 3 rings (SSSR count). The second-order valence-electron chi connectivity index (χ2n) is 5.98. The van der Waals surface area contributed by atoms with Crippen LogP contribution < -0.4 is 10.1 Å². The lowest BCUT2D eigenvalue weighted by atomic mass is 9.98. The highest BCUT2D eigenvalue weighted by molar-refractivity contribution is 6.05. The topological polar surface area (TPSA) is 60.5 Å². The third kappa shape index (κ3) is 2.88. The first-order valence-corrected chi connectivity index (χ1v) is 7.97. The number of hydrogen-bond donors (Lipinski definition) is 1. The Bertz CT molecular complexity index is 727. The maximum Gasteiger partial charge on any atom is 0.256 e. The Morgan fingerprint density at radius 1 is 1.39 bits per heavy atom. The average Bonchev–Trinajstić information content (AvgIpc) is 3.40. The molecule has 2 aromatic rings. The van der Waals surface area contributed by atoms with Crippen LogP contribution in [0.25, 0.3) is 10.9 Å². The predicted molar refractivity (Wildman–Crippen MR) is 89.7 cm³/mol. The number of hydrogen-bond acceptors (Lipinski definition) is 4. The van der Waals surface area contributed by atoms with E-state index in [0.29, 0.717) is 18.3 Å². The monoisotopic (exact) mass is 314 g/mol. The van der Waals surface area contributed by atoms with E-state index in [1.165, 1.54) is 0 Å². The van der Waals surface area contributed by atoms with E-state index in [-0.39, 0.29) is 5.91 Å². The minimum Gasteiger partial charge on any atom is -0.494 e. The molecular weight excluding hydrogens is 292 g/mol. The molecule has 1 aliphatic rings. The molecule has 0 aliphatic heterocycles. The molecule has 1 aliphatic carbocycles. The van der Waals surface area contributed by atoms with Crippen LogP contribution in [0, 0.1) is 5.92 Å². The van der Waals surface area contributed by atoms with E-state index in [1.54, 1.807) is 13.3 Å². The molecule has 122 valence electrons. The molecule has 5 heteroatoms. The van der Waals surface area contributed by atoms with Crippen LogP contribution in [0.2, 0.25) is 0 Å². The lowest BCUT2D eigenvalue weighted by molar-refractivity contribution is -0.141. The van der Waals surface area contributed by atoms with Crippen LogP contribution in [0.3, 0.4) is 0 Å². The maximum atomic E-state index is 12.8. The van der Waals surface area contributed by atoms with Gasteiger partial charge in [-0.3, -0.25) is 9.78 Å². The van der Waals surface area contributed by atoms with Gasteiger partial charge in [0, 0.05) is 18.2 Å². The second kappa shape index (κ2) is 6.16. The van der Waals surface area contributed by atoms with Gasteiger partial charge in [-0.25, -0.2) is 0 Å². The molecule has 5 nitrogen and oxygen atoms in total. The number of nitrogens with zero attached hydrogens (tertiary/aromatic N) is 1. The number of ether oxygens (including phenoxy) is 2. The van der Waals surface area contributed by atoms with Gasteiger partial charge in [0.25, 0.3) is 5.91 Å². The molecule has 1 fully saturated rings. The quantitative estimate of drug-likeness (QED) is 0.888. The molecule has 23 heavy (non-hydrogen) atoms. The summed E-state index contributed by atoms with van der Waals surface area (Å²) < 4.78 is 11.1. The van der Waals surface area contributed by atoms with E-state index in [1.807, 2.05) is 38.1 Å². The Hall–Kier alpha value is -2.14. The van der Waals surface area contributed by atoms with E-state index >= 15 is 0 Å². The summed E-state index contributed by atoms with van der Waals surface area (Å²) in [6.07, 6.45) is 3.79. The Kier molecular flexibility index (Phi) is 4.22. The Labute approximate surface area is 136 Å². The number of rotatable bonds is 6. The lowest BCUT2D eigenvalue weighted by Crippen LogP contribution is -2.44. The highest BCUT2D eigenvalue weighted by Crippen LogP contribution is 2.43. The molecule has 0 radical (unpaired) electrons. The molecule has 0 unspecified atom stereocenters. The second-order valence-corrected chi connectivity index (χ2v) is 5.98. The molecule has 0 saturated heterocycles. The number of carbonyl (C=O) groups is 1. The number of nitrogens with one attached hydrogen (secondary N) is 1. The summed E-state index contributed by atoms with van der Waals surface area (Å²) in [7, 11) is 1.61. The Balaban J connectivity index is 1.93. The van der Waals surface area contributed by atoms with Crippen molar-refractivity contribution in [3.8, 4) is 5.75 Å². The number of amides is 1. The molecular formula is C18H22N2O3. The first-order chi connectivity index (χ1) is 11.1. The van der Waals surface area contributed by atoms with Crippen LogP contribution in [-0.2, 0) is 9.53 Å². The fourth-order valence-corrected chi connectivity index (χ4v) is 2.97. The smallest absolute Gasteiger partial charge is 0.256 e. The van der Waals surface area contributed by atoms with Crippen LogP contribution in [0.1, 0.15) is 26.7 Å². The summed E-state index contributed by atoms with van der Waals surface area (Å²) in [6, 6.07) is 7.44. The first kappa shape index (κ1) is 15.7. The zero-order chi connectivity index (χ0) is 16.4. The van der Waals surface area contributed by atoms with Gasteiger partial charge in [-0.1, -0.05) is 0 Å². The number of pyridine rings is 1. The van der Waals surface area contributed by atoms with Crippen molar-refractivity contribution in [3.63, 3.8) is 0 Å². The van der Waals surface area contributed by atoms with Gasteiger partial charge in [0.1, 0.15) is 16.9 Å². The van der Waals surface area contributed by atoms with E-state index < -0.39 is 5.60 Å². The fraction of sp³-hybridized carbons (Fsp3) is 0.444. The van der Waals surface area contributed by atoms with Gasteiger partial charge in [-0.15, -0.1) is 0 Å². The summed E-state index contributed by atoms with van der Waals surface area (Å²) in [5.74, 6) is 0.885. The third-order valence-electron chi connectivity index (χ3n) is 4.45. The molecule has 0 bridgehead atoms. The number of anilines is 1. The van der Waals surface area contributed by atoms with Crippen LogP contribution in [0.5, 0.6) is 5.75 Å². The zero-order valence-corrected chi connectivity index (χ0v) is 13.8. The minimum atomic E-state index is -0.775. The van der Waals surface area contributed by atoms with Crippen molar-refractivity contribution in [2.75, 3.05) is 19.0 Å². The van der Waals surface area contributed by atoms with E-state index in [0.717, 1.165) is 29.4 Å². The molecule has 1 N–H and O–H groups in total. The molecule has 0 spiro atoms. The van der Waals surface area contributed by atoms with Crippen molar-refractivity contribution < 1.29 is 14.3 Å². The summed E-state index contributed by atoms with van der Waals surface area (Å²) in [5.41, 5.74) is 0.686. The standard InChI is InChI=1S/C18H22N2O3/c1-4-23-18(2,12-7-8-12)17(21)20-14-9-10-15(22-3)16-13(14)6-5-11-19-16/h5-6,9-12H,4,7-8H2,1-3H3,(H,20,21)/t18-/m0/s1. The fourth-order valence-electron chi connectivity index (χ4n) is 2.97. The average molecular weight is 314 g/mol. The van der Waals surface area contributed by atoms with Gasteiger partial charge >= 0.3 is 0 Å². The number of aromatic nitrogens is 1. The molecule has 1 aromatic carbocycles. The van der Waals surface area contributed by atoms with Crippen molar-refractivity contribution in [1.29, 1.82) is 0 Å². The zero-order valence-electron chi connectivity index (χ0n) is 13.8. The van der Waals surface area contributed by atoms with Gasteiger partial charge < -0.3 is 14.8 Å². The van der Waals surface area contributed by atoms with E-state index in [9.17, 15) is 4.79 Å². The SMILES string of the molecule is CCO[C@](C)(C(=O)Nc1ccc(OC)c2ncccc12)C1CC1. The highest BCUT2D eigenvalue weighted by atomic mass is 16.5. The van der Waals surface area contributed by atoms with Gasteiger partial charge in [0.05, 0.1) is 12.8 Å². The van der Waals surface area contributed by atoms with Crippen molar-refractivity contribution in [3.05, 3.63) is 30.5 Å². The Morgan fingerprint density at radius 2 is 2.17 bits per heavy atom. The molecule has 1 heterocycles. The van der Waals surface area contributed by atoms with Crippen molar-refractivity contribution in [2.45, 2.75) is 32.3 Å². The van der Waals surface area contributed by atoms with Crippen molar-refractivity contribution in [2.24, 2.45) is 5.92 Å². The van der Waals surface area contributed by atoms with Crippen molar-refractivity contribution >= 4 is 22.5 Å². The molecule has 1 aromatic heterocycles. The Morgan fingerprint density at radius 3 is 2.83 bits per heavy atom. The van der Waals surface area contributed by atoms with Crippen LogP contribution in [-0.4, -0.2) is 30.2 Å². The largest absolute Gasteiger partial charge is 0.494 e. The third-order valence-corrected chi connectivity index (χ3v) is 4.45. The van der Waals surface area contributed by atoms with Crippen LogP contribution in [0.4, 0.5) is 5.69 Å². The maximum absolute atomic E-state index is 12.8. The summed E-state index contributed by atoms with van der Waals surface area (Å²) >= 11 is 0. The molecule has 1 saturated carbocycles. The van der Waals surface area contributed by atoms with E-state index in [4.69, 9.17) is 9.47 Å². The van der Waals surface area contributed by atoms with Crippen LogP contribution in [0.15, 0.2) is 30.5 Å². The normalized spacial score (nSPS) is 16.8. The number of methoxy groups -OCH3 is 1. The van der Waals surface area contributed by atoms with E-state index in [2.05, 4.69) is 10.3 Å². The van der Waals surface area contributed by atoms with Gasteiger partial charge in [0.15, 0.2) is 0 Å². The van der Waals surface area contributed by atoms with Gasteiger partial charge in [0.2, 0.25) is 0 Å². The molecule has 1 atom stereocenters. The van der Waals surface area contributed by atoms with Gasteiger partial charge in [-0.2, -0.15) is 0 Å². The number of benzene rings is 1. The predicted octanol–water partition coefficient (Wildman–Crippen LogP) is 3.39. The lowest BCUT2D eigenvalue weighted by Gasteiger charge is -2.28. The first-order valence-electron chi connectivity index (χ1n) is 7.97.